The molecule has 2 amide bonds. The van der Waals surface area contributed by atoms with Crippen LogP contribution in [0.15, 0.2) is 24.3 Å². The molecule has 0 spiro atoms. The summed E-state index contributed by atoms with van der Waals surface area (Å²) in [6.07, 6.45) is 5.08. The second-order valence-electron chi connectivity index (χ2n) is 7.69. The second-order valence-corrected chi connectivity index (χ2v) is 7.69. The van der Waals surface area contributed by atoms with Crippen LogP contribution in [0, 0.1) is 11.8 Å². The summed E-state index contributed by atoms with van der Waals surface area (Å²) in [4.78, 5) is 30.0. The normalized spacial score (nSPS) is 26.9. The monoisotopic (exact) mass is 326 g/mol. The number of likely N-dealkylation sites (tertiary alicyclic amines) is 1. The summed E-state index contributed by atoms with van der Waals surface area (Å²) in [6.45, 7) is 4.53. The number of fused-ring (bicyclic) bond motifs is 1. The number of nitrogens with zero attached hydrogens (tertiary/aromatic N) is 2. The first kappa shape index (κ1) is 15.7. The second kappa shape index (κ2) is 6.23. The molecule has 128 valence electrons. The van der Waals surface area contributed by atoms with Crippen LogP contribution in [-0.2, 0) is 16.0 Å². The fraction of sp³-hybridized carbons (Fsp3) is 0.600. The van der Waals surface area contributed by atoms with Crippen LogP contribution >= 0.6 is 0 Å². The minimum atomic E-state index is -0.409. The van der Waals surface area contributed by atoms with E-state index in [0.717, 1.165) is 44.3 Å². The lowest BCUT2D eigenvalue weighted by Crippen LogP contribution is -2.50. The van der Waals surface area contributed by atoms with E-state index in [4.69, 9.17) is 0 Å². The molecule has 24 heavy (non-hydrogen) atoms. The van der Waals surface area contributed by atoms with E-state index in [-0.39, 0.29) is 17.7 Å². The number of carbonyl (C=O) groups is 2. The van der Waals surface area contributed by atoms with Crippen LogP contribution in [0.2, 0.25) is 0 Å². The van der Waals surface area contributed by atoms with Crippen molar-refractivity contribution < 1.29 is 9.59 Å². The Balaban J connectivity index is 1.66. The van der Waals surface area contributed by atoms with Crippen LogP contribution in [0.25, 0.3) is 0 Å². The van der Waals surface area contributed by atoms with Gasteiger partial charge in [-0.15, -0.1) is 0 Å². The van der Waals surface area contributed by atoms with Crippen molar-refractivity contribution in [2.45, 2.75) is 45.1 Å². The van der Waals surface area contributed by atoms with Gasteiger partial charge < -0.3 is 9.80 Å². The van der Waals surface area contributed by atoms with Crippen molar-refractivity contribution in [3.63, 3.8) is 0 Å². The van der Waals surface area contributed by atoms with Gasteiger partial charge in [-0.1, -0.05) is 31.2 Å². The largest absolute Gasteiger partial charge is 0.340 e. The molecule has 2 heterocycles. The summed E-state index contributed by atoms with van der Waals surface area (Å²) in [6, 6.07) is 7.75. The maximum Gasteiger partial charge on any atom is 0.250 e. The van der Waals surface area contributed by atoms with E-state index in [1.165, 1.54) is 12.0 Å². The summed E-state index contributed by atoms with van der Waals surface area (Å²) >= 11 is 0. The molecule has 1 saturated carbocycles. The van der Waals surface area contributed by atoms with Gasteiger partial charge in [0.2, 0.25) is 11.8 Å². The Labute approximate surface area is 143 Å². The maximum atomic E-state index is 13.4. The van der Waals surface area contributed by atoms with E-state index < -0.39 is 6.04 Å². The van der Waals surface area contributed by atoms with E-state index in [0.29, 0.717) is 12.5 Å². The van der Waals surface area contributed by atoms with Gasteiger partial charge in [-0.2, -0.15) is 0 Å². The van der Waals surface area contributed by atoms with Gasteiger partial charge in [0.25, 0.3) is 0 Å². The third-order valence-corrected chi connectivity index (χ3v) is 5.70. The van der Waals surface area contributed by atoms with Gasteiger partial charge >= 0.3 is 0 Å². The van der Waals surface area contributed by atoms with Crippen molar-refractivity contribution in [1.29, 1.82) is 0 Å². The number of piperidine rings is 1. The van der Waals surface area contributed by atoms with E-state index in [2.05, 4.69) is 13.0 Å². The Kier molecular flexibility index (Phi) is 4.07. The summed E-state index contributed by atoms with van der Waals surface area (Å²) in [7, 11) is 0. The number of hydrogen-bond donors (Lipinski definition) is 0. The van der Waals surface area contributed by atoms with Gasteiger partial charge in [0.1, 0.15) is 6.04 Å². The molecule has 2 fully saturated rings. The lowest BCUT2D eigenvalue weighted by Gasteiger charge is -2.41. The van der Waals surface area contributed by atoms with E-state index in [9.17, 15) is 9.59 Å². The van der Waals surface area contributed by atoms with Gasteiger partial charge in [0, 0.05) is 25.6 Å². The average molecular weight is 326 g/mol. The first-order valence-electron chi connectivity index (χ1n) is 9.32. The molecule has 0 radical (unpaired) electrons. The van der Waals surface area contributed by atoms with Crippen molar-refractivity contribution in [1.82, 2.24) is 9.80 Å². The highest BCUT2D eigenvalue weighted by Gasteiger charge is 2.43. The fourth-order valence-corrected chi connectivity index (χ4v) is 4.20. The molecule has 4 nitrogen and oxygen atoms in total. The molecule has 3 aliphatic rings. The van der Waals surface area contributed by atoms with Crippen molar-refractivity contribution in [3.8, 4) is 0 Å². The average Bonchev–Trinajstić information content (AvgIpc) is 3.44. The first-order chi connectivity index (χ1) is 11.6. The molecule has 0 bridgehead atoms. The lowest BCUT2D eigenvalue weighted by atomic mass is 9.90. The zero-order valence-electron chi connectivity index (χ0n) is 14.4. The molecule has 2 atom stereocenters. The van der Waals surface area contributed by atoms with Crippen LogP contribution in [0.3, 0.4) is 0 Å². The van der Waals surface area contributed by atoms with Crippen LogP contribution < -0.4 is 0 Å². The molecule has 1 aliphatic carbocycles. The zero-order valence-corrected chi connectivity index (χ0v) is 14.4. The van der Waals surface area contributed by atoms with Crippen LogP contribution in [-0.4, -0.2) is 41.2 Å². The summed E-state index contributed by atoms with van der Waals surface area (Å²) in [5.74, 6) is 1.02. The Morgan fingerprint density at radius 2 is 1.83 bits per heavy atom. The minimum absolute atomic E-state index is 0.128. The smallest absolute Gasteiger partial charge is 0.250 e. The molecule has 1 saturated heterocycles. The van der Waals surface area contributed by atoms with Gasteiger partial charge in [0.15, 0.2) is 0 Å². The predicted octanol–water partition coefficient (Wildman–Crippen LogP) is 2.78. The van der Waals surface area contributed by atoms with Crippen LogP contribution in [0.1, 0.15) is 49.8 Å². The number of rotatable bonds is 2. The SMILES string of the molecule is C[C@H]1CCCN(C(=O)[C@@H]2c3ccccc3CCN2C(=O)C2CC2)C1. The number of hydrogen-bond acceptors (Lipinski definition) is 2. The number of benzene rings is 1. The molecule has 0 unspecified atom stereocenters. The summed E-state index contributed by atoms with van der Waals surface area (Å²) < 4.78 is 0. The maximum absolute atomic E-state index is 13.4. The van der Waals surface area contributed by atoms with E-state index in [1.54, 1.807) is 0 Å². The van der Waals surface area contributed by atoms with Crippen molar-refractivity contribution in [3.05, 3.63) is 35.4 Å². The molecule has 2 aliphatic heterocycles. The fourth-order valence-electron chi connectivity index (χ4n) is 4.20. The molecule has 0 aromatic heterocycles. The van der Waals surface area contributed by atoms with Crippen molar-refractivity contribution in [2.24, 2.45) is 11.8 Å². The van der Waals surface area contributed by atoms with E-state index >= 15 is 0 Å². The quantitative estimate of drug-likeness (QED) is 0.838. The Morgan fingerprint density at radius 1 is 1.04 bits per heavy atom. The molecule has 1 aromatic rings. The van der Waals surface area contributed by atoms with Crippen LogP contribution in [0.5, 0.6) is 0 Å². The number of amides is 2. The zero-order chi connectivity index (χ0) is 16.7. The van der Waals surface area contributed by atoms with Gasteiger partial charge in [-0.25, -0.2) is 0 Å². The Morgan fingerprint density at radius 3 is 2.58 bits per heavy atom. The van der Waals surface area contributed by atoms with Gasteiger partial charge in [-0.3, -0.25) is 9.59 Å². The molecule has 4 heteroatoms. The Bertz CT molecular complexity index is 653. The third kappa shape index (κ3) is 2.83. The van der Waals surface area contributed by atoms with Crippen molar-refractivity contribution >= 4 is 11.8 Å². The molecular formula is C20H26N2O2. The molecular weight excluding hydrogens is 300 g/mol. The van der Waals surface area contributed by atoms with Gasteiger partial charge in [-0.05, 0) is 49.1 Å². The lowest BCUT2D eigenvalue weighted by molar-refractivity contribution is -0.148. The molecule has 0 N–H and O–H groups in total. The standard InChI is InChI=1S/C20H26N2O2/c1-14-5-4-11-21(13-14)20(24)18-17-7-3-2-6-15(17)10-12-22(18)19(23)16-8-9-16/h2-3,6-7,14,16,18H,4-5,8-13H2,1H3/t14-,18-/m0/s1. The third-order valence-electron chi connectivity index (χ3n) is 5.70. The van der Waals surface area contributed by atoms with Gasteiger partial charge in [0.05, 0.1) is 0 Å². The Hall–Kier alpha value is -1.84. The molecule has 1 aromatic carbocycles. The highest BCUT2D eigenvalue weighted by atomic mass is 16.2. The number of carbonyl (C=O) groups excluding carboxylic acids is 2. The predicted molar refractivity (Wildman–Crippen MR) is 92.3 cm³/mol. The summed E-state index contributed by atoms with van der Waals surface area (Å²) in [5, 5.41) is 0. The minimum Gasteiger partial charge on any atom is -0.340 e. The molecule has 4 rings (SSSR count). The van der Waals surface area contributed by atoms with E-state index in [1.807, 2.05) is 28.0 Å². The van der Waals surface area contributed by atoms with Crippen molar-refractivity contribution in [2.75, 3.05) is 19.6 Å². The topological polar surface area (TPSA) is 40.6 Å². The summed E-state index contributed by atoms with van der Waals surface area (Å²) in [5.41, 5.74) is 2.27. The van der Waals surface area contributed by atoms with Crippen LogP contribution in [0.4, 0.5) is 0 Å². The first-order valence-corrected chi connectivity index (χ1v) is 9.32. The highest BCUT2D eigenvalue weighted by molar-refractivity contribution is 5.91. The highest BCUT2D eigenvalue weighted by Crippen LogP contribution is 2.38.